The molecule has 7 heteroatoms. The van der Waals surface area contributed by atoms with Crippen LogP contribution in [0.4, 0.5) is 13.2 Å². The van der Waals surface area contributed by atoms with Crippen LogP contribution >= 0.6 is 15.9 Å². The van der Waals surface area contributed by atoms with E-state index >= 15 is 0 Å². The van der Waals surface area contributed by atoms with Gasteiger partial charge < -0.3 is 0 Å². The Balaban J connectivity index is 2.02. The van der Waals surface area contributed by atoms with E-state index in [0.717, 1.165) is 23.3 Å². The van der Waals surface area contributed by atoms with Crippen LogP contribution in [-0.2, 0) is 21.3 Å². The Morgan fingerprint density at radius 1 is 0.857 bits per heavy atom. The highest BCUT2D eigenvalue weighted by Gasteiger charge is 2.30. The predicted octanol–water partition coefficient (Wildman–Crippen LogP) is 6.41. The molecule has 28 heavy (non-hydrogen) atoms. The van der Waals surface area contributed by atoms with Crippen LogP contribution in [0.1, 0.15) is 16.7 Å². The van der Waals surface area contributed by atoms with E-state index < -0.39 is 21.6 Å². The van der Waals surface area contributed by atoms with Crippen LogP contribution in [0.3, 0.4) is 0 Å². The number of halogens is 4. The van der Waals surface area contributed by atoms with E-state index in [0.29, 0.717) is 16.5 Å². The highest BCUT2D eigenvalue weighted by molar-refractivity contribution is 9.08. The average Bonchev–Trinajstić information content (AvgIpc) is 2.67. The molecule has 0 aliphatic heterocycles. The molecule has 0 atom stereocenters. The Morgan fingerprint density at radius 3 is 2.14 bits per heavy atom. The van der Waals surface area contributed by atoms with Crippen LogP contribution in [-0.4, -0.2) is 8.42 Å². The first-order valence-electron chi connectivity index (χ1n) is 8.30. The van der Waals surface area contributed by atoms with Crippen molar-refractivity contribution in [1.82, 2.24) is 0 Å². The van der Waals surface area contributed by atoms with E-state index in [-0.39, 0.29) is 9.79 Å². The van der Waals surface area contributed by atoms with Gasteiger partial charge in [-0.25, -0.2) is 8.42 Å². The van der Waals surface area contributed by atoms with Gasteiger partial charge in [0.25, 0.3) is 0 Å². The quantitative estimate of drug-likeness (QED) is 0.414. The molecule has 0 amide bonds. The molecule has 0 aromatic heterocycles. The lowest BCUT2D eigenvalue weighted by molar-refractivity contribution is -0.137. The summed E-state index contributed by atoms with van der Waals surface area (Å²) in [5, 5.41) is 0.531. The molecule has 0 aliphatic rings. The summed E-state index contributed by atoms with van der Waals surface area (Å²) < 4.78 is 64.3. The number of sulfone groups is 1. The minimum atomic E-state index is -4.41. The molecule has 146 valence electrons. The smallest absolute Gasteiger partial charge is 0.219 e. The molecule has 0 saturated heterocycles. The van der Waals surface area contributed by atoms with Gasteiger partial charge in [-0.3, -0.25) is 0 Å². The molecule has 0 radical (unpaired) electrons. The summed E-state index contributed by atoms with van der Waals surface area (Å²) in [6, 6.07) is 16.0. The largest absolute Gasteiger partial charge is 0.416 e. The fourth-order valence-electron chi connectivity index (χ4n) is 2.89. The van der Waals surface area contributed by atoms with Gasteiger partial charge in [-0.2, -0.15) is 13.2 Å². The van der Waals surface area contributed by atoms with E-state index in [2.05, 4.69) is 15.9 Å². The molecule has 3 rings (SSSR count). The second-order valence-corrected chi connectivity index (χ2v) is 8.90. The first kappa shape index (κ1) is 20.6. The van der Waals surface area contributed by atoms with Crippen molar-refractivity contribution >= 4 is 25.8 Å². The van der Waals surface area contributed by atoms with Gasteiger partial charge in [-0.05, 0) is 65.6 Å². The Bertz CT molecular complexity index is 1110. The maximum absolute atomic E-state index is 13.1. The Kier molecular flexibility index (Phi) is 5.68. The summed E-state index contributed by atoms with van der Waals surface area (Å²) in [7, 11) is -3.76. The fraction of sp³-hybridized carbons (Fsp3) is 0.143. The molecule has 0 unspecified atom stereocenters. The highest BCUT2D eigenvalue weighted by Crippen LogP contribution is 2.32. The van der Waals surface area contributed by atoms with E-state index in [1.54, 1.807) is 24.3 Å². The minimum absolute atomic E-state index is 0.0935. The van der Waals surface area contributed by atoms with E-state index in [9.17, 15) is 21.6 Å². The Hall–Kier alpha value is -2.12. The molecule has 2 nitrogen and oxygen atoms in total. The zero-order chi connectivity index (χ0) is 20.5. The average molecular weight is 469 g/mol. The summed E-state index contributed by atoms with van der Waals surface area (Å²) in [5.41, 5.74) is 1.97. The van der Waals surface area contributed by atoms with Crippen molar-refractivity contribution in [2.75, 3.05) is 0 Å². The number of alkyl halides is 4. The van der Waals surface area contributed by atoms with Crippen molar-refractivity contribution in [2.24, 2.45) is 0 Å². The van der Waals surface area contributed by atoms with Gasteiger partial charge in [0.05, 0.1) is 15.4 Å². The summed E-state index contributed by atoms with van der Waals surface area (Å²) >= 11 is 3.34. The third kappa shape index (κ3) is 4.31. The number of hydrogen-bond acceptors (Lipinski definition) is 2. The van der Waals surface area contributed by atoms with Crippen molar-refractivity contribution in [2.45, 2.75) is 28.2 Å². The second kappa shape index (κ2) is 7.72. The Morgan fingerprint density at radius 2 is 1.54 bits per heavy atom. The normalized spacial score (nSPS) is 12.2. The molecule has 0 N–H and O–H groups in total. The highest BCUT2D eigenvalue weighted by atomic mass is 79.9. The lowest BCUT2D eigenvalue weighted by Gasteiger charge is -2.11. The second-order valence-electron chi connectivity index (χ2n) is 6.39. The molecule has 0 fully saturated rings. The number of benzene rings is 3. The summed E-state index contributed by atoms with van der Waals surface area (Å²) in [6.07, 6.45) is -4.41. The van der Waals surface area contributed by atoms with Crippen LogP contribution in [0.5, 0.6) is 0 Å². The van der Waals surface area contributed by atoms with Gasteiger partial charge in [-0.15, -0.1) is 0 Å². The SMILES string of the molecule is Cc1cc(CBr)cc(S(=O)(=O)c2cccc(-c3ccc(C(F)(F)F)cc3)c2)c1. The maximum atomic E-state index is 13.1. The zero-order valence-corrected chi connectivity index (χ0v) is 17.2. The van der Waals surface area contributed by atoms with Crippen molar-refractivity contribution in [3.63, 3.8) is 0 Å². The third-order valence-corrected chi connectivity index (χ3v) is 6.64. The molecule has 0 aliphatic carbocycles. The van der Waals surface area contributed by atoms with Crippen LogP contribution in [0.25, 0.3) is 11.1 Å². The lowest BCUT2D eigenvalue weighted by atomic mass is 10.0. The van der Waals surface area contributed by atoms with Gasteiger partial charge >= 0.3 is 6.18 Å². The maximum Gasteiger partial charge on any atom is 0.416 e. The van der Waals surface area contributed by atoms with Gasteiger partial charge in [0.15, 0.2) is 0 Å². The zero-order valence-electron chi connectivity index (χ0n) is 14.8. The van der Waals surface area contributed by atoms with Gasteiger partial charge in [0.1, 0.15) is 0 Å². The topological polar surface area (TPSA) is 34.1 Å². The lowest BCUT2D eigenvalue weighted by Crippen LogP contribution is -2.04. The van der Waals surface area contributed by atoms with Gasteiger partial charge in [0, 0.05) is 5.33 Å². The van der Waals surface area contributed by atoms with Crippen LogP contribution in [0.15, 0.2) is 76.5 Å². The van der Waals surface area contributed by atoms with E-state index in [1.807, 2.05) is 13.0 Å². The molecule has 0 saturated carbocycles. The predicted molar refractivity (Wildman–Crippen MR) is 106 cm³/mol. The Labute approximate surface area is 170 Å². The number of rotatable bonds is 4. The van der Waals surface area contributed by atoms with Crippen LogP contribution in [0, 0.1) is 6.92 Å². The monoisotopic (exact) mass is 468 g/mol. The van der Waals surface area contributed by atoms with Crippen molar-refractivity contribution in [3.05, 3.63) is 83.4 Å². The first-order chi connectivity index (χ1) is 13.1. The summed E-state index contributed by atoms with van der Waals surface area (Å²) in [6.45, 7) is 1.82. The fourth-order valence-corrected chi connectivity index (χ4v) is 4.67. The van der Waals surface area contributed by atoms with Gasteiger partial charge in [0.2, 0.25) is 9.84 Å². The number of aryl methyl sites for hydroxylation is 1. The van der Waals surface area contributed by atoms with E-state index in [4.69, 9.17) is 0 Å². The molecule has 3 aromatic rings. The molecule has 0 bridgehead atoms. The van der Waals surface area contributed by atoms with Crippen molar-refractivity contribution < 1.29 is 21.6 Å². The van der Waals surface area contributed by atoms with Crippen molar-refractivity contribution in [1.29, 1.82) is 0 Å². The first-order valence-corrected chi connectivity index (χ1v) is 10.9. The third-order valence-electron chi connectivity index (χ3n) is 4.27. The minimum Gasteiger partial charge on any atom is -0.219 e. The summed E-state index contributed by atoms with van der Waals surface area (Å²) in [4.78, 5) is 0.280. The standard InChI is InChI=1S/C21H16BrF3O2S/c1-14-9-15(13-22)11-20(10-14)28(26,27)19-4-2-3-17(12-19)16-5-7-18(8-6-16)21(23,24)25/h2-12H,13H2,1H3. The number of hydrogen-bond donors (Lipinski definition) is 0. The van der Waals surface area contributed by atoms with Gasteiger partial charge in [-0.1, -0.05) is 46.3 Å². The molecule has 3 aromatic carbocycles. The molecule has 0 spiro atoms. The summed E-state index contributed by atoms with van der Waals surface area (Å²) in [5.74, 6) is 0. The van der Waals surface area contributed by atoms with E-state index in [1.165, 1.54) is 24.3 Å². The van der Waals surface area contributed by atoms with Crippen molar-refractivity contribution in [3.8, 4) is 11.1 Å². The molecular formula is C21H16BrF3O2S. The van der Waals surface area contributed by atoms with Crippen LogP contribution < -0.4 is 0 Å². The molecule has 0 heterocycles. The molecular weight excluding hydrogens is 453 g/mol. The van der Waals surface area contributed by atoms with Crippen LogP contribution in [0.2, 0.25) is 0 Å².